The number of nitrogens with one attached hydrogen (secondary N) is 1. The average Bonchev–Trinajstić information content (AvgIpc) is 2.73. The first-order valence-corrected chi connectivity index (χ1v) is 11.8. The van der Waals surface area contributed by atoms with Crippen LogP contribution in [-0.4, -0.2) is 62.5 Å². The summed E-state index contributed by atoms with van der Waals surface area (Å²) in [4.78, 5) is 25.3. The van der Waals surface area contributed by atoms with Crippen LogP contribution >= 0.6 is 0 Å². The molecule has 1 saturated carbocycles. The van der Waals surface area contributed by atoms with Gasteiger partial charge in [0.1, 0.15) is 5.54 Å². The molecule has 0 bridgehead atoms. The van der Waals surface area contributed by atoms with Crippen molar-refractivity contribution < 1.29 is 27.5 Å². The first-order valence-electron chi connectivity index (χ1n) is 10.3. The highest BCUT2D eigenvalue weighted by atomic mass is 32.2. The molecule has 2 aliphatic rings. The summed E-state index contributed by atoms with van der Waals surface area (Å²) < 4.78 is 37.9. The molecule has 0 spiro atoms. The third-order valence-electron chi connectivity index (χ3n) is 5.78. The van der Waals surface area contributed by atoms with Gasteiger partial charge in [-0.25, -0.2) is 13.2 Å². The maximum absolute atomic E-state index is 13.0. The van der Waals surface area contributed by atoms with E-state index in [9.17, 15) is 18.0 Å². The molecule has 9 heteroatoms. The van der Waals surface area contributed by atoms with E-state index < -0.39 is 27.4 Å². The zero-order valence-electron chi connectivity index (χ0n) is 17.7. The van der Waals surface area contributed by atoms with Crippen LogP contribution in [0.2, 0.25) is 0 Å². The Morgan fingerprint density at radius 2 is 1.63 bits per heavy atom. The highest BCUT2D eigenvalue weighted by molar-refractivity contribution is 7.89. The quantitative estimate of drug-likeness (QED) is 0.707. The molecule has 0 radical (unpaired) electrons. The topological polar surface area (TPSA) is 102 Å². The molecule has 1 N–H and O–H groups in total. The van der Waals surface area contributed by atoms with E-state index in [2.05, 4.69) is 5.32 Å². The Hall–Kier alpha value is -1.97. The highest BCUT2D eigenvalue weighted by Gasteiger charge is 2.42. The lowest BCUT2D eigenvalue weighted by Gasteiger charge is -2.35. The molecule has 3 rings (SSSR count). The van der Waals surface area contributed by atoms with Gasteiger partial charge in [0.2, 0.25) is 10.0 Å². The molecule has 1 aliphatic carbocycles. The first-order chi connectivity index (χ1) is 14.2. The molecule has 1 aliphatic heterocycles. The van der Waals surface area contributed by atoms with Crippen molar-refractivity contribution in [2.24, 2.45) is 0 Å². The number of ether oxygens (including phenoxy) is 2. The van der Waals surface area contributed by atoms with E-state index in [0.29, 0.717) is 18.4 Å². The lowest BCUT2D eigenvalue weighted by atomic mass is 9.81. The Labute approximate surface area is 178 Å². The number of esters is 1. The van der Waals surface area contributed by atoms with Gasteiger partial charge in [0.15, 0.2) is 0 Å². The van der Waals surface area contributed by atoms with E-state index in [1.165, 1.54) is 35.7 Å². The summed E-state index contributed by atoms with van der Waals surface area (Å²) in [6, 6.07) is 5.81. The predicted molar refractivity (Wildman–Crippen MR) is 111 cm³/mol. The molecule has 166 valence electrons. The van der Waals surface area contributed by atoms with Crippen LogP contribution in [-0.2, 0) is 24.3 Å². The normalized spacial score (nSPS) is 24.8. The van der Waals surface area contributed by atoms with Crippen molar-refractivity contribution >= 4 is 21.9 Å². The van der Waals surface area contributed by atoms with Crippen molar-refractivity contribution in [2.45, 2.75) is 68.6 Å². The van der Waals surface area contributed by atoms with Crippen LogP contribution in [0.25, 0.3) is 0 Å². The number of amides is 1. The lowest BCUT2D eigenvalue weighted by Crippen LogP contribution is -2.56. The van der Waals surface area contributed by atoms with E-state index in [1.54, 1.807) is 0 Å². The Kier molecular flexibility index (Phi) is 6.84. The number of carbonyl (C=O) groups is 2. The van der Waals surface area contributed by atoms with Crippen molar-refractivity contribution in [1.29, 1.82) is 0 Å². The Morgan fingerprint density at radius 1 is 1.07 bits per heavy atom. The van der Waals surface area contributed by atoms with Crippen LogP contribution in [0.5, 0.6) is 0 Å². The van der Waals surface area contributed by atoms with Gasteiger partial charge in [-0.15, -0.1) is 0 Å². The van der Waals surface area contributed by atoms with Gasteiger partial charge >= 0.3 is 5.97 Å². The molecule has 2 atom stereocenters. The van der Waals surface area contributed by atoms with Crippen LogP contribution in [0, 0.1) is 0 Å². The summed E-state index contributed by atoms with van der Waals surface area (Å²) in [5.74, 6) is -0.856. The lowest BCUT2D eigenvalue weighted by molar-refractivity contribution is -0.149. The van der Waals surface area contributed by atoms with Crippen LogP contribution in [0.1, 0.15) is 56.3 Å². The molecule has 2 fully saturated rings. The summed E-state index contributed by atoms with van der Waals surface area (Å²) >= 11 is 0. The van der Waals surface area contributed by atoms with Gasteiger partial charge in [-0.1, -0.05) is 19.3 Å². The zero-order chi connectivity index (χ0) is 21.9. The monoisotopic (exact) mass is 438 g/mol. The molecule has 2 unspecified atom stereocenters. The summed E-state index contributed by atoms with van der Waals surface area (Å²) in [7, 11) is -2.36. The number of hydrogen-bond donors (Lipinski definition) is 1. The third kappa shape index (κ3) is 4.68. The van der Waals surface area contributed by atoms with Crippen molar-refractivity contribution in [1.82, 2.24) is 9.62 Å². The molecule has 0 aromatic heterocycles. The number of carbonyl (C=O) groups excluding carboxylic acids is 2. The number of rotatable bonds is 5. The summed E-state index contributed by atoms with van der Waals surface area (Å²) in [6.45, 7) is 4.26. The van der Waals surface area contributed by atoms with Gasteiger partial charge in [-0.2, -0.15) is 4.31 Å². The minimum absolute atomic E-state index is 0.126. The maximum Gasteiger partial charge on any atom is 0.331 e. The Balaban J connectivity index is 1.76. The van der Waals surface area contributed by atoms with E-state index in [4.69, 9.17) is 9.47 Å². The Bertz CT molecular complexity index is 867. The van der Waals surface area contributed by atoms with E-state index >= 15 is 0 Å². The molecular weight excluding hydrogens is 408 g/mol. The van der Waals surface area contributed by atoms with Crippen LogP contribution in [0.3, 0.4) is 0 Å². The molecule has 1 amide bonds. The van der Waals surface area contributed by atoms with Crippen molar-refractivity contribution in [3.63, 3.8) is 0 Å². The standard InChI is InChI=1S/C21H30N2O6S/c1-15-13-23(14-16(2)29-15)30(26,27)18-9-7-17(8-10-18)19(24)22-21(20(25)28-3)11-5-4-6-12-21/h7-10,15-16H,4-6,11-14H2,1-3H3,(H,22,24). The molecule has 30 heavy (non-hydrogen) atoms. The van der Waals surface area contributed by atoms with Crippen LogP contribution < -0.4 is 5.32 Å². The van der Waals surface area contributed by atoms with Gasteiger partial charge < -0.3 is 14.8 Å². The second kappa shape index (κ2) is 9.03. The largest absolute Gasteiger partial charge is 0.467 e. The van der Waals surface area contributed by atoms with E-state index in [1.807, 2.05) is 13.8 Å². The van der Waals surface area contributed by atoms with Gasteiger partial charge in [-0.05, 0) is 51.0 Å². The summed E-state index contributed by atoms with van der Waals surface area (Å²) in [5, 5.41) is 2.84. The minimum atomic E-state index is -3.68. The van der Waals surface area contributed by atoms with Gasteiger partial charge in [0.05, 0.1) is 24.2 Å². The fraction of sp³-hybridized carbons (Fsp3) is 0.619. The average molecular weight is 439 g/mol. The number of benzene rings is 1. The molecule has 1 heterocycles. The maximum atomic E-state index is 13.0. The summed E-state index contributed by atoms with van der Waals surface area (Å²) in [6.07, 6.45) is 3.39. The van der Waals surface area contributed by atoms with E-state index in [0.717, 1.165) is 19.3 Å². The van der Waals surface area contributed by atoms with Gasteiger partial charge in [0.25, 0.3) is 5.91 Å². The number of sulfonamides is 1. The second-order valence-corrected chi connectivity index (χ2v) is 10.1. The number of morpholine rings is 1. The van der Waals surface area contributed by atoms with E-state index in [-0.39, 0.29) is 30.2 Å². The molecule has 1 aromatic carbocycles. The van der Waals surface area contributed by atoms with Gasteiger partial charge in [0, 0.05) is 18.7 Å². The van der Waals surface area contributed by atoms with Crippen molar-refractivity contribution in [3.8, 4) is 0 Å². The van der Waals surface area contributed by atoms with Crippen LogP contribution in [0.4, 0.5) is 0 Å². The molecule has 1 aromatic rings. The first kappa shape index (κ1) is 22.7. The SMILES string of the molecule is COC(=O)C1(NC(=O)c2ccc(S(=O)(=O)N3CC(C)OC(C)C3)cc2)CCCCC1. The fourth-order valence-corrected chi connectivity index (χ4v) is 5.87. The smallest absolute Gasteiger partial charge is 0.331 e. The molecular formula is C21H30N2O6S. The number of methoxy groups -OCH3 is 1. The molecule has 1 saturated heterocycles. The summed E-state index contributed by atoms with van der Waals surface area (Å²) in [5.41, 5.74) is -0.721. The van der Waals surface area contributed by atoms with Crippen molar-refractivity contribution in [3.05, 3.63) is 29.8 Å². The zero-order valence-corrected chi connectivity index (χ0v) is 18.5. The van der Waals surface area contributed by atoms with Gasteiger partial charge in [-0.3, -0.25) is 4.79 Å². The highest BCUT2D eigenvalue weighted by Crippen LogP contribution is 2.30. The number of nitrogens with zero attached hydrogens (tertiary/aromatic N) is 1. The molecule has 8 nitrogen and oxygen atoms in total. The minimum Gasteiger partial charge on any atom is -0.467 e. The van der Waals surface area contributed by atoms with Crippen LogP contribution in [0.15, 0.2) is 29.2 Å². The number of hydrogen-bond acceptors (Lipinski definition) is 6. The predicted octanol–water partition coefficient (Wildman–Crippen LogP) is 2.09. The fourth-order valence-electron chi connectivity index (χ4n) is 4.27. The second-order valence-electron chi connectivity index (χ2n) is 8.19. The third-order valence-corrected chi connectivity index (χ3v) is 7.62. The van der Waals surface area contributed by atoms with Crippen molar-refractivity contribution in [2.75, 3.05) is 20.2 Å². The Morgan fingerprint density at radius 3 is 2.17 bits per heavy atom.